The fourth-order valence-electron chi connectivity index (χ4n) is 3.23. The first-order valence-corrected chi connectivity index (χ1v) is 11.4. The number of esters is 1. The smallest absolute Gasteiger partial charge is 0.338 e. The van der Waals surface area contributed by atoms with Crippen molar-refractivity contribution in [1.82, 2.24) is 4.98 Å². The van der Waals surface area contributed by atoms with Crippen LogP contribution in [0.3, 0.4) is 0 Å². The van der Waals surface area contributed by atoms with E-state index in [1.165, 1.54) is 23.5 Å². The van der Waals surface area contributed by atoms with Crippen molar-refractivity contribution in [2.45, 2.75) is 24.0 Å². The molecule has 0 aliphatic carbocycles. The van der Waals surface area contributed by atoms with E-state index >= 15 is 0 Å². The van der Waals surface area contributed by atoms with Crippen LogP contribution in [-0.4, -0.2) is 34.3 Å². The summed E-state index contributed by atoms with van der Waals surface area (Å²) in [5.74, 6) is 1.66. The zero-order valence-corrected chi connectivity index (χ0v) is 17.1. The normalized spacial score (nSPS) is 16.0. The van der Waals surface area contributed by atoms with Crippen LogP contribution in [0.5, 0.6) is 0 Å². The van der Waals surface area contributed by atoms with E-state index in [1.807, 2.05) is 59.9 Å². The van der Waals surface area contributed by atoms with Gasteiger partial charge in [-0.15, -0.1) is 23.5 Å². The minimum Gasteiger partial charge on any atom is -0.451 e. The SMILES string of the molecule is C[C@@H](OC(=O)c1ccc(C2SCCCS2)cc1)C(=O)c1c[nH]c2ccccc12. The van der Waals surface area contributed by atoms with Crippen molar-refractivity contribution in [3.63, 3.8) is 0 Å². The van der Waals surface area contributed by atoms with Crippen LogP contribution in [0, 0.1) is 0 Å². The van der Waals surface area contributed by atoms with Crippen LogP contribution >= 0.6 is 23.5 Å². The standard InChI is InChI=1S/C22H21NO3S2/c1-14(20(24)18-13-23-19-6-3-2-5-17(18)19)26-21(25)15-7-9-16(10-8-15)22-27-11-4-12-28-22/h2-3,5-10,13-14,22-23H,4,11-12H2,1H3/t14-/m1/s1. The van der Waals surface area contributed by atoms with Crippen molar-refractivity contribution >= 4 is 46.2 Å². The predicted molar refractivity (Wildman–Crippen MR) is 116 cm³/mol. The lowest BCUT2D eigenvalue weighted by atomic mass is 10.1. The van der Waals surface area contributed by atoms with Crippen molar-refractivity contribution in [2.75, 3.05) is 11.5 Å². The molecule has 1 fully saturated rings. The molecule has 1 aliphatic heterocycles. The molecule has 0 spiro atoms. The predicted octanol–water partition coefficient (Wildman–Crippen LogP) is 5.46. The maximum absolute atomic E-state index is 12.7. The summed E-state index contributed by atoms with van der Waals surface area (Å²) in [4.78, 5) is 28.3. The number of ketones is 1. The number of carbonyl (C=O) groups excluding carboxylic acids is 2. The first-order chi connectivity index (χ1) is 13.6. The molecule has 6 heteroatoms. The van der Waals surface area contributed by atoms with Gasteiger partial charge in [0.25, 0.3) is 0 Å². The van der Waals surface area contributed by atoms with Gasteiger partial charge >= 0.3 is 5.97 Å². The van der Waals surface area contributed by atoms with Gasteiger partial charge < -0.3 is 9.72 Å². The van der Waals surface area contributed by atoms with Crippen LogP contribution in [0.1, 0.15) is 44.2 Å². The summed E-state index contributed by atoms with van der Waals surface area (Å²) in [6.45, 7) is 1.62. The summed E-state index contributed by atoms with van der Waals surface area (Å²) in [5, 5.41) is 0.835. The van der Waals surface area contributed by atoms with Crippen molar-refractivity contribution in [3.8, 4) is 0 Å². The number of thioether (sulfide) groups is 2. The molecule has 1 aliphatic rings. The number of H-pyrrole nitrogens is 1. The molecule has 2 aromatic carbocycles. The zero-order chi connectivity index (χ0) is 19.5. The van der Waals surface area contributed by atoms with E-state index in [4.69, 9.17) is 4.74 Å². The zero-order valence-electron chi connectivity index (χ0n) is 15.5. The monoisotopic (exact) mass is 411 g/mol. The summed E-state index contributed by atoms with van der Waals surface area (Å²) in [7, 11) is 0. The largest absolute Gasteiger partial charge is 0.451 e. The Bertz CT molecular complexity index is 990. The number of aromatic amines is 1. The van der Waals surface area contributed by atoms with Crippen molar-refractivity contribution in [1.29, 1.82) is 0 Å². The van der Waals surface area contributed by atoms with Crippen LogP contribution in [0.4, 0.5) is 0 Å². The molecule has 2 heterocycles. The molecule has 4 nitrogen and oxygen atoms in total. The summed E-state index contributed by atoms with van der Waals surface area (Å²) < 4.78 is 5.88. The quantitative estimate of drug-likeness (QED) is 0.446. The Balaban J connectivity index is 1.43. The van der Waals surface area contributed by atoms with Gasteiger partial charge in [0.2, 0.25) is 5.78 Å². The number of hydrogen-bond donors (Lipinski definition) is 1. The van der Waals surface area contributed by atoms with Gasteiger partial charge in [-0.05, 0) is 48.6 Å². The molecule has 0 saturated carbocycles. The number of aromatic nitrogens is 1. The lowest BCUT2D eigenvalue weighted by Crippen LogP contribution is -2.24. The number of Topliss-reactive ketones (excluding diaryl/α,β-unsaturated/α-hetero) is 1. The van der Waals surface area contributed by atoms with Crippen LogP contribution in [0.15, 0.2) is 54.7 Å². The van der Waals surface area contributed by atoms with Gasteiger partial charge in [0.05, 0.1) is 10.1 Å². The molecular formula is C22H21NO3S2. The van der Waals surface area contributed by atoms with E-state index in [9.17, 15) is 9.59 Å². The van der Waals surface area contributed by atoms with Crippen molar-refractivity contribution < 1.29 is 14.3 Å². The van der Waals surface area contributed by atoms with Crippen molar-refractivity contribution in [3.05, 3.63) is 71.4 Å². The fourth-order valence-corrected chi connectivity index (χ4v) is 6.13. The third-order valence-electron chi connectivity index (χ3n) is 4.75. The van der Waals surface area contributed by atoms with Gasteiger partial charge in [-0.1, -0.05) is 30.3 Å². The molecule has 0 amide bonds. The molecule has 1 aromatic heterocycles. The molecular weight excluding hydrogens is 390 g/mol. The Kier molecular flexibility index (Phi) is 5.78. The van der Waals surface area contributed by atoms with E-state index < -0.39 is 12.1 Å². The lowest BCUT2D eigenvalue weighted by molar-refractivity contribution is 0.0319. The van der Waals surface area contributed by atoms with Crippen LogP contribution in [0.2, 0.25) is 0 Å². The Labute approximate surface area is 172 Å². The van der Waals surface area contributed by atoms with Gasteiger partial charge in [0, 0.05) is 22.7 Å². The summed E-state index contributed by atoms with van der Waals surface area (Å²) in [6, 6.07) is 15.1. The second-order valence-corrected chi connectivity index (χ2v) is 9.43. The molecule has 28 heavy (non-hydrogen) atoms. The molecule has 0 radical (unpaired) electrons. The van der Waals surface area contributed by atoms with Crippen LogP contribution in [0.25, 0.3) is 10.9 Å². The number of para-hydroxylation sites is 1. The highest BCUT2D eigenvalue weighted by Gasteiger charge is 2.23. The van der Waals surface area contributed by atoms with Gasteiger partial charge in [-0.2, -0.15) is 0 Å². The summed E-state index contributed by atoms with van der Waals surface area (Å²) >= 11 is 3.89. The Hall–Kier alpha value is -2.18. The first-order valence-electron chi connectivity index (χ1n) is 9.28. The topological polar surface area (TPSA) is 59.2 Å². The van der Waals surface area contributed by atoms with E-state index in [0.29, 0.717) is 15.7 Å². The van der Waals surface area contributed by atoms with Crippen molar-refractivity contribution in [2.24, 2.45) is 0 Å². The third-order valence-corrected chi connectivity index (χ3v) is 7.77. The second kappa shape index (κ2) is 8.45. The molecule has 144 valence electrons. The Morgan fingerprint density at radius 2 is 1.79 bits per heavy atom. The number of ether oxygens (including phenoxy) is 1. The highest BCUT2D eigenvalue weighted by atomic mass is 32.2. The molecule has 0 bridgehead atoms. The molecule has 1 atom stereocenters. The van der Waals surface area contributed by atoms with Gasteiger partial charge in [0.1, 0.15) is 0 Å². The molecule has 4 rings (SSSR count). The van der Waals surface area contributed by atoms with E-state index in [-0.39, 0.29) is 5.78 Å². The summed E-state index contributed by atoms with van der Waals surface area (Å²) in [6.07, 6.45) is 2.07. The maximum Gasteiger partial charge on any atom is 0.338 e. The average Bonchev–Trinajstić information content (AvgIpc) is 3.18. The molecule has 0 unspecified atom stereocenters. The number of fused-ring (bicyclic) bond motifs is 1. The Morgan fingerprint density at radius 3 is 2.54 bits per heavy atom. The fraction of sp³-hybridized carbons (Fsp3) is 0.273. The van der Waals surface area contributed by atoms with Crippen LogP contribution < -0.4 is 0 Å². The number of hydrogen-bond acceptors (Lipinski definition) is 5. The van der Waals surface area contributed by atoms with Gasteiger partial charge in [-0.3, -0.25) is 4.79 Å². The van der Waals surface area contributed by atoms with E-state index in [0.717, 1.165) is 10.9 Å². The molecule has 1 saturated heterocycles. The maximum atomic E-state index is 12.7. The van der Waals surface area contributed by atoms with Crippen LogP contribution in [-0.2, 0) is 4.74 Å². The molecule has 3 aromatic rings. The lowest BCUT2D eigenvalue weighted by Gasteiger charge is -2.21. The number of carbonyl (C=O) groups is 2. The summed E-state index contributed by atoms with van der Waals surface area (Å²) in [5.41, 5.74) is 3.11. The van der Waals surface area contributed by atoms with Gasteiger partial charge in [-0.25, -0.2) is 4.79 Å². The average molecular weight is 412 g/mol. The van der Waals surface area contributed by atoms with E-state index in [2.05, 4.69) is 4.98 Å². The minimum absolute atomic E-state index is 0.211. The number of nitrogens with one attached hydrogen (secondary N) is 1. The number of benzene rings is 2. The second-order valence-electron chi connectivity index (χ2n) is 6.71. The van der Waals surface area contributed by atoms with E-state index in [1.54, 1.807) is 25.3 Å². The highest BCUT2D eigenvalue weighted by Crippen LogP contribution is 2.43. The minimum atomic E-state index is -0.851. The Morgan fingerprint density at radius 1 is 1.07 bits per heavy atom. The number of rotatable bonds is 5. The molecule has 1 N–H and O–H groups in total. The highest BCUT2D eigenvalue weighted by molar-refractivity contribution is 8.16. The van der Waals surface area contributed by atoms with Gasteiger partial charge in [0.15, 0.2) is 6.10 Å². The third kappa shape index (κ3) is 3.98. The first kappa shape index (κ1) is 19.2.